The number of carbonyl (C=O) groups is 1. The summed E-state index contributed by atoms with van der Waals surface area (Å²) in [6.45, 7) is 2.82. The second-order valence-electron chi connectivity index (χ2n) is 9.03. The van der Waals surface area contributed by atoms with E-state index in [0.29, 0.717) is 30.5 Å². The van der Waals surface area contributed by atoms with Gasteiger partial charge < -0.3 is 14.6 Å². The number of hydrogen-bond acceptors (Lipinski definition) is 6. The third-order valence-corrected chi connectivity index (χ3v) is 8.41. The highest BCUT2D eigenvalue weighted by Gasteiger charge is 2.31. The highest BCUT2D eigenvalue weighted by atomic mass is 32.2. The van der Waals surface area contributed by atoms with Crippen molar-refractivity contribution in [1.29, 1.82) is 0 Å². The number of benzene rings is 2. The predicted molar refractivity (Wildman–Crippen MR) is 132 cm³/mol. The smallest absolute Gasteiger partial charge is 0.258 e. The molecule has 5 rings (SSSR count). The molecular weight excluding hydrogens is 468 g/mol. The van der Waals surface area contributed by atoms with Crippen LogP contribution in [0.4, 0.5) is 5.69 Å². The van der Waals surface area contributed by atoms with Crippen molar-refractivity contribution in [1.82, 2.24) is 14.3 Å². The lowest BCUT2D eigenvalue weighted by molar-refractivity contribution is -0.116. The van der Waals surface area contributed by atoms with Crippen LogP contribution in [0.15, 0.2) is 52.2 Å². The molecule has 10 heteroatoms. The molecule has 2 aliphatic heterocycles. The Morgan fingerprint density at radius 2 is 2.06 bits per heavy atom. The minimum absolute atomic E-state index is 0.0621. The van der Waals surface area contributed by atoms with E-state index in [1.165, 1.54) is 11.2 Å². The maximum absolute atomic E-state index is 13.8. The van der Waals surface area contributed by atoms with E-state index in [1.54, 1.807) is 47.4 Å². The third-order valence-electron chi connectivity index (χ3n) is 6.61. The molecule has 0 spiro atoms. The number of para-hydroxylation sites is 1. The molecule has 1 aromatic heterocycles. The molecule has 35 heavy (non-hydrogen) atoms. The number of fused-ring (bicyclic) bond motifs is 2. The van der Waals surface area contributed by atoms with Crippen LogP contribution in [0, 0.1) is 0 Å². The van der Waals surface area contributed by atoms with Crippen molar-refractivity contribution in [3.8, 4) is 0 Å². The van der Waals surface area contributed by atoms with Gasteiger partial charge in [-0.3, -0.25) is 9.59 Å². The van der Waals surface area contributed by atoms with Crippen LogP contribution in [0.2, 0.25) is 0 Å². The van der Waals surface area contributed by atoms with Gasteiger partial charge in [0.1, 0.15) is 5.82 Å². The van der Waals surface area contributed by atoms with Gasteiger partial charge >= 0.3 is 0 Å². The molecule has 0 bridgehead atoms. The summed E-state index contributed by atoms with van der Waals surface area (Å²) >= 11 is 0. The Balaban J connectivity index is 1.51. The molecule has 0 unspecified atom stereocenters. The van der Waals surface area contributed by atoms with E-state index in [9.17, 15) is 18.0 Å². The van der Waals surface area contributed by atoms with Crippen LogP contribution in [0.25, 0.3) is 10.9 Å². The molecule has 1 fully saturated rings. The summed E-state index contributed by atoms with van der Waals surface area (Å²) < 4.78 is 34.8. The molecule has 1 amide bonds. The van der Waals surface area contributed by atoms with Crippen LogP contribution in [-0.2, 0) is 32.5 Å². The molecule has 3 aromatic rings. The molecule has 0 aliphatic carbocycles. The monoisotopic (exact) mass is 496 g/mol. The lowest BCUT2D eigenvalue weighted by atomic mass is 10.0. The van der Waals surface area contributed by atoms with Crippen LogP contribution >= 0.6 is 0 Å². The molecule has 1 N–H and O–H groups in total. The average molecular weight is 497 g/mol. The number of rotatable bonds is 6. The quantitative estimate of drug-likeness (QED) is 0.561. The topological polar surface area (TPSA) is 113 Å². The zero-order valence-corrected chi connectivity index (χ0v) is 20.4. The number of carbonyl (C=O) groups excluding carboxylic acids is 1. The molecular formula is C25H28N4O5S. The summed E-state index contributed by atoms with van der Waals surface area (Å²) in [6, 6.07) is 11.9. The maximum Gasteiger partial charge on any atom is 0.258 e. The second kappa shape index (κ2) is 9.52. The van der Waals surface area contributed by atoms with Gasteiger partial charge in [0, 0.05) is 32.3 Å². The Morgan fingerprint density at radius 1 is 1.23 bits per heavy atom. The Bertz CT molecular complexity index is 1430. The van der Waals surface area contributed by atoms with Gasteiger partial charge in [-0.2, -0.15) is 4.31 Å². The van der Waals surface area contributed by atoms with Gasteiger partial charge in [0.2, 0.25) is 15.9 Å². The SMILES string of the molecule is CC(=O)N1CCCc2cc(S(=O)(=O)N(Cc3nc4ccccc4c(=O)[nH]3)C[C@@H]3CCCO3)ccc21. The number of sulfonamides is 1. The molecule has 3 heterocycles. The minimum atomic E-state index is -3.94. The highest BCUT2D eigenvalue weighted by Crippen LogP contribution is 2.31. The molecule has 2 aromatic carbocycles. The van der Waals surface area contributed by atoms with E-state index < -0.39 is 10.0 Å². The molecule has 184 valence electrons. The number of H-pyrrole nitrogens is 1. The van der Waals surface area contributed by atoms with Gasteiger partial charge in [-0.25, -0.2) is 13.4 Å². The Labute approximate surface area is 203 Å². The number of aryl methyl sites for hydroxylation is 1. The summed E-state index contributed by atoms with van der Waals surface area (Å²) in [5.41, 5.74) is 1.80. The molecule has 0 radical (unpaired) electrons. The number of anilines is 1. The number of nitrogens with zero attached hydrogens (tertiary/aromatic N) is 3. The number of amides is 1. The van der Waals surface area contributed by atoms with Gasteiger partial charge in [0.25, 0.3) is 5.56 Å². The first-order valence-electron chi connectivity index (χ1n) is 11.8. The largest absolute Gasteiger partial charge is 0.377 e. The summed E-state index contributed by atoms with van der Waals surface area (Å²) in [5, 5.41) is 0.453. The maximum atomic E-state index is 13.8. The van der Waals surface area contributed by atoms with E-state index in [-0.39, 0.29) is 41.4 Å². The summed E-state index contributed by atoms with van der Waals surface area (Å²) in [4.78, 5) is 33.7. The van der Waals surface area contributed by atoms with Crippen LogP contribution in [0.3, 0.4) is 0 Å². The van der Waals surface area contributed by atoms with Crippen LogP contribution < -0.4 is 10.5 Å². The van der Waals surface area contributed by atoms with E-state index in [2.05, 4.69) is 9.97 Å². The van der Waals surface area contributed by atoms with Gasteiger partial charge in [-0.1, -0.05) is 12.1 Å². The fourth-order valence-corrected chi connectivity index (χ4v) is 6.33. The number of hydrogen-bond donors (Lipinski definition) is 1. The van der Waals surface area contributed by atoms with Gasteiger partial charge in [0.15, 0.2) is 0 Å². The zero-order chi connectivity index (χ0) is 24.6. The lowest BCUT2D eigenvalue weighted by Crippen LogP contribution is -2.38. The lowest BCUT2D eigenvalue weighted by Gasteiger charge is -2.30. The highest BCUT2D eigenvalue weighted by molar-refractivity contribution is 7.89. The number of aromatic amines is 1. The normalized spacial score (nSPS) is 18.2. The van der Waals surface area contributed by atoms with Crippen molar-refractivity contribution >= 4 is 32.5 Å². The first-order valence-corrected chi connectivity index (χ1v) is 13.3. The Morgan fingerprint density at radius 3 is 2.83 bits per heavy atom. The Kier molecular flexibility index (Phi) is 6.43. The van der Waals surface area contributed by atoms with Gasteiger partial charge in [-0.15, -0.1) is 0 Å². The number of nitrogens with one attached hydrogen (secondary N) is 1. The number of aromatic nitrogens is 2. The minimum Gasteiger partial charge on any atom is -0.377 e. The van der Waals surface area contributed by atoms with E-state index >= 15 is 0 Å². The fraction of sp³-hybridized carbons (Fsp3) is 0.400. The summed E-state index contributed by atoms with van der Waals surface area (Å²) in [7, 11) is -3.94. The third kappa shape index (κ3) is 4.73. The van der Waals surface area contributed by atoms with E-state index in [0.717, 1.165) is 30.5 Å². The molecule has 1 saturated heterocycles. The van der Waals surface area contributed by atoms with Crippen LogP contribution in [-0.4, -0.2) is 54.4 Å². The fourth-order valence-electron chi connectivity index (χ4n) is 4.85. The van der Waals surface area contributed by atoms with Crippen molar-refractivity contribution in [2.45, 2.75) is 50.2 Å². The van der Waals surface area contributed by atoms with Crippen LogP contribution in [0.5, 0.6) is 0 Å². The molecule has 2 aliphatic rings. The summed E-state index contributed by atoms with van der Waals surface area (Å²) in [6.07, 6.45) is 2.91. The Hall–Kier alpha value is -3.08. The van der Waals surface area contributed by atoms with Crippen molar-refractivity contribution in [2.75, 3.05) is 24.6 Å². The standard InChI is InChI=1S/C25H28N4O5S/c1-17(30)29-12-4-6-18-14-20(10-11-23(18)29)35(32,33)28(15-19-7-5-13-34-19)16-24-26-22-9-3-2-8-21(22)25(31)27-24/h2-3,8-11,14,19H,4-7,12-13,15-16H2,1H3,(H,26,27,31)/t19-/m0/s1. The number of ether oxygens (including phenoxy) is 1. The van der Waals surface area contributed by atoms with Crippen LogP contribution in [0.1, 0.15) is 37.6 Å². The van der Waals surface area contributed by atoms with E-state index in [4.69, 9.17) is 4.74 Å². The average Bonchev–Trinajstić information content (AvgIpc) is 3.36. The van der Waals surface area contributed by atoms with Gasteiger partial charge in [-0.05, 0) is 61.6 Å². The molecule has 1 atom stereocenters. The first kappa shape index (κ1) is 23.7. The molecule has 0 saturated carbocycles. The second-order valence-corrected chi connectivity index (χ2v) is 11.0. The zero-order valence-electron chi connectivity index (χ0n) is 19.6. The van der Waals surface area contributed by atoms with Crippen molar-refractivity contribution in [2.24, 2.45) is 0 Å². The van der Waals surface area contributed by atoms with Crippen molar-refractivity contribution < 1.29 is 17.9 Å². The summed E-state index contributed by atoms with van der Waals surface area (Å²) in [5.74, 6) is 0.212. The first-order chi connectivity index (χ1) is 16.8. The van der Waals surface area contributed by atoms with Crippen molar-refractivity contribution in [3.63, 3.8) is 0 Å². The van der Waals surface area contributed by atoms with E-state index in [1.807, 2.05) is 0 Å². The van der Waals surface area contributed by atoms with Gasteiger partial charge in [0.05, 0.1) is 28.4 Å². The predicted octanol–water partition coefficient (Wildman–Crippen LogP) is 2.59. The molecule has 9 nitrogen and oxygen atoms in total. The van der Waals surface area contributed by atoms with Crippen molar-refractivity contribution in [3.05, 3.63) is 64.2 Å².